The lowest BCUT2D eigenvalue weighted by molar-refractivity contribution is 0.0336. The van der Waals surface area contributed by atoms with Crippen LogP contribution in [0.4, 0.5) is 0 Å². The lowest BCUT2D eigenvalue weighted by atomic mass is 10.1. The van der Waals surface area contributed by atoms with Gasteiger partial charge in [-0.25, -0.2) is 0 Å². The van der Waals surface area contributed by atoms with Crippen LogP contribution in [0.25, 0.3) is 10.9 Å². The molecular formula is C23H29NO4S. The molecular weight excluding hydrogens is 386 g/mol. The molecule has 5 nitrogen and oxygen atoms in total. The predicted octanol–water partition coefficient (Wildman–Crippen LogP) is 5.15. The van der Waals surface area contributed by atoms with E-state index in [4.69, 9.17) is 8.92 Å². The fourth-order valence-corrected chi connectivity index (χ4v) is 4.62. The van der Waals surface area contributed by atoms with E-state index in [0.717, 1.165) is 18.7 Å². The summed E-state index contributed by atoms with van der Waals surface area (Å²) in [5.41, 5.74) is 5.10. The first-order valence-electron chi connectivity index (χ1n) is 10.0. The second-order valence-corrected chi connectivity index (χ2v) is 8.90. The van der Waals surface area contributed by atoms with Crippen molar-refractivity contribution >= 4 is 21.0 Å². The number of benzene rings is 2. The van der Waals surface area contributed by atoms with Gasteiger partial charge >= 0.3 is 0 Å². The molecule has 1 atom stereocenters. The second kappa shape index (κ2) is 9.11. The van der Waals surface area contributed by atoms with E-state index < -0.39 is 10.1 Å². The number of nitrogens with zero attached hydrogens (tertiary/aromatic N) is 1. The van der Waals surface area contributed by atoms with E-state index >= 15 is 0 Å². The van der Waals surface area contributed by atoms with Crippen LogP contribution in [0.2, 0.25) is 0 Å². The molecule has 0 radical (unpaired) electrons. The van der Waals surface area contributed by atoms with Gasteiger partial charge in [-0.2, -0.15) is 8.42 Å². The van der Waals surface area contributed by atoms with Gasteiger partial charge in [-0.05, 0) is 51.0 Å². The highest BCUT2D eigenvalue weighted by Gasteiger charge is 2.22. The minimum Gasteiger partial charge on any atom is -0.370 e. The van der Waals surface area contributed by atoms with Crippen molar-refractivity contribution in [2.75, 3.05) is 13.2 Å². The molecule has 2 aromatic carbocycles. The van der Waals surface area contributed by atoms with Gasteiger partial charge in [0.2, 0.25) is 0 Å². The third-order valence-electron chi connectivity index (χ3n) is 5.09. The molecule has 1 aliphatic heterocycles. The van der Waals surface area contributed by atoms with Crippen LogP contribution >= 0.6 is 0 Å². The van der Waals surface area contributed by atoms with Crippen molar-refractivity contribution in [3.63, 3.8) is 0 Å². The summed E-state index contributed by atoms with van der Waals surface area (Å²) < 4.78 is 35.8. The predicted molar refractivity (Wildman–Crippen MR) is 116 cm³/mol. The third-order valence-corrected chi connectivity index (χ3v) is 6.42. The van der Waals surface area contributed by atoms with Crippen molar-refractivity contribution in [3.8, 4) is 0 Å². The van der Waals surface area contributed by atoms with E-state index in [9.17, 15) is 8.42 Å². The van der Waals surface area contributed by atoms with Crippen LogP contribution in [-0.2, 0) is 25.6 Å². The van der Waals surface area contributed by atoms with E-state index in [1.165, 1.54) is 22.2 Å². The van der Waals surface area contributed by atoms with Gasteiger partial charge in [0.1, 0.15) is 0 Å². The summed E-state index contributed by atoms with van der Waals surface area (Å²) >= 11 is 0. The van der Waals surface area contributed by atoms with Gasteiger partial charge < -0.3 is 9.30 Å². The fraction of sp³-hybridized carbons (Fsp3) is 0.391. The molecule has 0 amide bonds. The molecule has 1 aliphatic rings. The van der Waals surface area contributed by atoms with Crippen LogP contribution in [0.15, 0.2) is 53.4 Å². The first kappa shape index (κ1) is 21.6. The maximum Gasteiger partial charge on any atom is 0.296 e. The van der Waals surface area contributed by atoms with Gasteiger partial charge in [0, 0.05) is 17.4 Å². The Hall–Kier alpha value is -2.15. The number of hydrogen-bond donors (Lipinski definition) is 0. The summed E-state index contributed by atoms with van der Waals surface area (Å²) in [5, 5.41) is 1.37. The molecule has 0 saturated heterocycles. The standard InChI is InChI=1S/C13H15NO.C10H14O3S/c1-9-11-5-3-4-6-12(11)14-7-8-15-10(2)13(9)14;1-3-8-13-14(11,12)10-6-4-9(2)5-7-10/h3-6,10H,7-8H2,1-2H3;4-7H,3,8H2,1-2H3. The van der Waals surface area contributed by atoms with Gasteiger partial charge in [-0.3, -0.25) is 4.18 Å². The highest BCUT2D eigenvalue weighted by Crippen LogP contribution is 2.33. The number of ether oxygens (including phenoxy) is 1. The number of aromatic nitrogens is 1. The first-order chi connectivity index (χ1) is 13.8. The summed E-state index contributed by atoms with van der Waals surface area (Å²) in [7, 11) is -3.54. The molecule has 0 spiro atoms. The lowest BCUT2D eigenvalue weighted by Crippen LogP contribution is -2.19. The molecule has 29 heavy (non-hydrogen) atoms. The number of para-hydroxylation sites is 1. The second-order valence-electron chi connectivity index (χ2n) is 7.28. The van der Waals surface area contributed by atoms with Gasteiger partial charge in [0.25, 0.3) is 10.1 Å². The summed E-state index contributed by atoms with van der Waals surface area (Å²) in [5.74, 6) is 0. The molecule has 0 fully saturated rings. The maximum atomic E-state index is 11.5. The minimum absolute atomic E-state index is 0.219. The van der Waals surface area contributed by atoms with Gasteiger partial charge in [0.05, 0.1) is 29.9 Å². The number of fused-ring (bicyclic) bond motifs is 3. The molecule has 1 unspecified atom stereocenters. The molecule has 3 aromatic rings. The molecule has 0 saturated carbocycles. The Morgan fingerprint density at radius 1 is 1.10 bits per heavy atom. The SMILES string of the molecule is CCCOS(=O)(=O)c1ccc(C)cc1.Cc1c2n(c3ccccc13)CCOC2C. The Morgan fingerprint density at radius 3 is 2.48 bits per heavy atom. The monoisotopic (exact) mass is 415 g/mol. The maximum absolute atomic E-state index is 11.5. The Labute approximate surface area is 173 Å². The third kappa shape index (κ3) is 4.71. The molecule has 1 aromatic heterocycles. The van der Waals surface area contributed by atoms with Crippen LogP contribution in [0.5, 0.6) is 0 Å². The first-order valence-corrected chi connectivity index (χ1v) is 11.4. The summed E-state index contributed by atoms with van der Waals surface area (Å²) in [6.07, 6.45) is 0.914. The Morgan fingerprint density at radius 2 is 1.79 bits per heavy atom. The summed E-state index contributed by atoms with van der Waals surface area (Å²) in [4.78, 5) is 0.219. The van der Waals surface area contributed by atoms with Gasteiger partial charge in [-0.15, -0.1) is 0 Å². The summed E-state index contributed by atoms with van der Waals surface area (Å²) in [6.45, 7) is 10.1. The summed E-state index contributed by atoms with van der Waals surface area (Å²) in [6, 6.07) is 15.2. The van der Waals surface area contributed by atoms with Crippen LogP contribution in [0, 0.1) is 13.8 Å². The smallest absolute Gasteiger partial charge is 0.296 e. The molecule has 0 aliphatic carbocycles. The topological polar surface area (TPSA) is 57.5 Å². The fourth-order valence-electron chi connectivity index (χ4n) is 3.63. The highest BCUT2D eigenvalue weighted by atomic mass is 32.2. The Bertz CT molecular complexity index is 1070. The van der Waals surface area contributed by atoms with E-state index in [-0.39, 0.29) is 17.6 Å². The average molecular weight is 416 g/mol. The Balaban J connectivity index is 0.000000166. The quantitative estimate of drug-likeness (QED) is 0.553. The molecule has 0 bridgehead atoms. The van der Waals surface area contributed by atoms with Crippen LogP contribution in [0.1, 0.15) is 43.2 Å². The van der Waals surface area contributed by atoms with E-state index in [1.807, 2.05) is 13.8 Å². The normalized spacial score (nSPS) is 16.2. The molecule has 6 heteroatoms. The van der Waals surface area contributed by atoms with Crippen molar-refractivity contribution < 1.29 is 17.3 Å². The number of rotatable bonds is 4. The molecule has 0 N–H and O–H groups in total. The van der Waals surface area contributed by atoms with Crippen LogP contribution in [0.3, 0.4) is 0 Å². The molecule has 4 rings (SSSR count). The van der Waals surface area contributed by atoms with Crippen molar-refractivity contribution in [2.45, 2.75) is 51.7 Å². The van der Waals surface area contributed by atoms with Crippen molar-refractivity contribution in [3.05, 3.63) is 65.4 Å². The Kier molecular flexibility index (Phi) is 6.77. The van der Waals surface area contributed by atoms with Gasteiger partial charge in [-0.1, -0.05) is 42.8 Å². The van der Waals surface area contributed by atoms with E-state index in [0.29, 0.717) is 6.42 Å². The van der Waals surface area contributed by atoms with Crippen molar-refractivity contribution in [2.24, 2.45) is 0 Å². The number of aryl methyl sites for hydroxylation is 2. The number of hydrogen-bond acceptors (Lipinski definition) is 4. The zero-order chi connectivity index (χ0) is 21.0. The zero-order valence-electron chi connectivity index (χ0n) is 17.5. The van der Waals surface area contributed by atoms with Gasteiger partial charge in [0.15, 0.2) is 0 Å². The zero-order valence-corrected chi connectivity index (χ0v) is 18.3. The largest absolute Gasteiger partial charge is 0.370 e. The minimum atomic E-state index is -3.54. The van der Waals surface area contributed by atoms with Crippen molar-refractivity contribution in [1.29, 1.82) is 0 Å². The van der Waals surface area contributed by atoms with Crippen LogP contribution < -0.4 is 0 Å². The highest BCUT2D eigenvalue weighted by molar-refractivity contribution is 7.86. The molecule has 156 valence electrons. The van der Waals surface area contributed by atoms with Crippen molar-refractivity contribution in [1.82, 2.24) is 4.57 Å². The van der Waals surface area contributed by atoms with E-state index in [2.05, 4.69) is 42.7 Å². The lowest BCUT2D eigenvalue weighted by Gasteiger charge is -2.23. The van der Waals surface area contributed by atoms with E-state index in [1.54, 1.807) is 24.3 Å². The molecule has 2 heterocycles. The average Bonchev–Trinajstić information content (AvgIpc) is 3.01. The van der Waals surface area contributed by atoms with Crippen LogP contribution in [-0.4, -0.2) is 26.2 Å².